The molecule has 84 valence electrons. The standard InChI is InChI=1S/C11H17ClN2S/c12-11-2-1-10(15-11)5-8-14-9-3-6-13-7-4-9/h1-2,9,13-14H,3-8H2. The number of thiophene rings is 1. The first-order valence-corrected chi connectivity index (χ1v) is 6.72. The van der Waals surface area contributed by atoms with Crippen molar-refractivity contribution >= 4 is 22.9 Å². The number of hydrogen-bond acceptors (Lipinski definition) is 3. The van der Waals surface area contributed by atoms with Gasteiger partial charge in [-0.05, 0) is 44.5 Å². The van der Waals surface area contributed by atoms with Gasteiger partial charge in [-0.2, -0.15) is 0 Å². The maximum atomic E-state index is 5.88. The van der Waals surface area contributed by atoms with Crippen molar-refractivity contribution in [2.75, 3.05) is 19.6 Å². The first kappa shape index (κ1) is 11.4. The van der Waals surface area contributed by atoms with E-state index in [1.54, 1.807) is 11.3 Å². The van der Waals surface area contributed by atoms with Crippen molar-refractivity contribution in [3.05, 3.63) is 21.3 Å². The lowest BCUT2D eigenvalue weighted by atomic mass is 10.1. The molecule has 0 amide bonds. The van der Waals surface area contributed by atoms with E-state index in [1.807, 2.05) is 6.07 Å². The van der Waals surface area contributed by atoms with Crippen LogP contribution in [0.4, 0.5) is 0 Å². The Kier molecular flexibility index (Phi) is 4.44. The van der Waals surface area contributed by atoms with Gasteiger partial charge in [-0.25, -0.2) is 0 Å². The Bertz CT molecular complexity index is 295. The van der Waals surface area contributed by atoms with Crippen LogP contribution in [-0.4, -0.2) is 25.7 Å². The lowest BCUT2D eigenvalue weighted by Crippen LogP contribution is -2.40. The monoisotopic (exact) mass is 244 g/mol. The van der Waals surface area contributed by atoms with E-state index in [4.69, 9.17) is 11.6 Å². The highest BCUT2D eigenvalue weighted by molar-refractivity contribution is 7.16. The van der Waals surface area contributed by atoms with Gasteiger partial charge < -0.3 is 10.6 Å². The summed E-state index contributed by atoms with van der Waals surface area (Å²) in [5.74, 6) is 0. The van der Waals surface area contributed by atoms with Crippen LogP contribution in [0.3, 0.4) is 0 Å². The summed E-state index contributed by atoms with van der Waals surface area (Å²) in [5, 5.41) is 6.97. The number of rotatable bonds is 4. The van der Waals surface area contributed by atoms with E-state index in [9.17, 15) is 0 Å². The average Bonchev–Trinajstić information content (AvgIpc) is 2.66. The van der Waals surface area contributed by atoms with E-state index in [0.717, 1.165) is 30.4 Å². The third kappa shape index (κ3) is 3.76. The summed E-state index contributed by atoms with van der Waals surface area (Å²) in [6.07, 6.45) is 3.61. The summed E-state index contributed by atoms with van der Waals surface area (Å²) in [4.78, 5) is 1.38. The summed E-state index contributed by atoms with van der Waals surface area (Å²) in [7, 11) is 0. The van der Waals surface area contributed by atoms with E-state index in [2.05, 4.69) is 16.7 Å². The predicted octanol–water partition coefficient (Wildman–Crippen LogP) is 2.29. The van der Waals surface area contributed by atoms with Gasteiger partial charge in [-0.3, -0.25) is 0 Å². The molecule has 0 radical (unpaired) electrons. The summed E-state index contributed by atoms with van der Waals surface area (Å²) in [5.41, 5.74) is 0. The molecule has 0 unspecified atom stereocenters. The Hall–Kier alpha value is -0.0900. The van der Waals surface area contributed by atoms with E-state index >= 15 is 0 Å². The quantitative estimate of drug-likeness (QED) is 0.849. The fourth-order valence-electron chi connectivity index (χ4n) is 1.91. The minimum atomic E-state index is 0.710. The van der Waals surface area contributed by atoms with Crippen molar-refractivity contribution in [3.63, 3.8) is 0 Å². The van der Waals surface area contributed by atoms with Crippen molar-refractivity contribution in [1.29, 1.82) is 0 Å². The lowest BCUT2D eigenvalue weighted by Gasteiger charge is -2.23. The maximum absolute atomic E-state index is 5.88. The van der Waals surface area contributed by atoms with E-state index < -0.39 is 0 Å². The third-order valence-electron chi connectivity index (χ3n) is 2.77. The molecule has 4 heteroatoms. The minimum Gasteiger partial charge on any atom is -0.317 e. The first-order chi connectivity index (χ1) is 7.34. The van der Waals surface area contributed by atoms with Crippen LogP contribution < -0.4 is 10.6 Å². The van der Waals surface area contributed by atoms with Crippen LogP contribution >= 0.6 is 22.9 Å². The molecule has 0 saturated carbocycles. The highest BCUT2D eigenvalue weighted by Crippen LogP contribution is 2.21. The molecule has 1 aromatic heterocycles. The zero-order valence-corrected chi connectivity index (χ0v) is 10.3. The molecule has 1 aromatic rings. The second-order valence-corrected chi connectivity index (χ2v) is 5.73. The van der Waals surface area contributed by atoms with Crippen molar-refractivity contribution < 1.29 is 0 Å². The summed E-state index contributed by atoms with van der Waals surface area (Å²) < 4.78 is 0.895. The van der Waals surface area contributed by atoms with Gasteiger partial charge in [0, 0.05) is 17.5 Å². The molecule has 0 aliphatic carbocycles. The molecular weight excluding hydrogens is 228 g/mol. The second kappa shape index (κ2) is 5.85. The molecule has 0 spiro atoms. The molecule has 2 nitrogen and oxygen atoms in total. The van der Waals surface area contributed by atoms with Crippen LogP contribution in [-0.2, 0) is 6.42 Å². The van der Waals surface area contributed by atoms with Gasteiger partial charge in [0.15, 0.2) is 0 Å². The second-order valence-electron chi connectivity index (χ2n) is 3.93. The van der Waals surface area contributed by atoms with Gasteiger partial charge in [0.2, 0.25) is 0 Å². The summed E-state index contributed by atoms with van der Waals surface area (Å²) in [6.45, 7) is 3.38. The Morgan fingerprint density at radius 2 is 2.20 bits per heavy atom. The molecule has 0 atom stereocenters. The molecule has 1 aliphatic heterocycles. The van der Waals surface area contributed by atoms with Gasteiger partial charge in [-0.1, -0.05) is 11.6 Å². The van der Waals surface area contributed by atoms with Crippen molar-refractivity contribution in [2.24, 2.45) is 0 Å². The smallest absolute Gasteiger partial charge is 0.0931 e. The highest BCUT2D eigenvalue weighted by Gasteiger charge is 2.11. The molecule has 1 fully saturated rings. The topological polar surface area (TPSA) is 24.1 Å². The Morgan fingerprint density at radius 3 is 2.87 bits per heavy atom. The fourth-order valence-corrected chi connectivity index (χ4v) is 3.00. The predicted molar refractivity (Wildman–Crippen MR) is 66.9 cm³/mol. The fraction of sp³-hybridized carbons (Fsp3) is 0.636. The first-order valence-electron chi connectivity index (χ1n) is 5.53. The number of piperidine rings is 1. The third-order valence-corrected chi connectivity index (χ3v) is 4.06. The lowest BCUT2D eigenvalue weighted by molar-refractivity contribution is 0.390. The maximum Gasteiger partial charge on any atom is 0.0931 e. The van der Waals surface area contributed by atoms with Crippen LogP contribution in [0.5, 0.6) is 0 Å². The molecule has 15 heavy (non-hydrogen) atoms. The average molecular weight is 245 g/mol. The van der Waals surface area contributed by atoms with Crippen LogP contribution in [0.25, 0.3) is 0 Å². The molecule has 2 N–H and O–H groups in total. The van der Waals surface area contributed by atoms with E-state index in [0.29, 0.717) is 6.04 Å². The number of hydrogen-bond donors (Lipinski definition) is 2. The van der Waals surface area contributed by atoms with Gasteiger partial charge in [0.1, 0.15) is 0 Å². The van der Waals surface area contributed by atoms with Crippen molar-refractivity contribution in [3.8, 4) is 0 Å². The van der Waals surface area contributed by atoms with Gasteiger partial charge in [-0.15, -0.1) is 11.3 Å². The molecule has 1 aliphatic rings. The summed E-state index contributed by atoms with van der Waals surface area (Å²) >= 11 is 7.57. The van der Waals surface area contributed by atoms with Crippen molar-refractivity contribution in [2.45, 2.75) is 25.3 Å². The van der Waals surface area contributed by atoms with E-state index in [-0.39, 0.29) is 0 Å². The minimum absolute atomic E-state index is 0.710. The SMILES string of the molecule is Clc1ccc(CCNC2CCNCC2)s1. The molecule has 2 rings (SSSR count). The van der Waals surface area contributed by atoms with Crippen LogP contribution in [0.15, 0.2) is 12.1 Å². The van der Waals surface area contributed by atoms with Gasteiger partial charge in [0.05, 0.1) is 4.34 Å². The highest BCUT2D eigenvalue weighted by atomic mass is 35.5. The molecule has 1 saturated heterocycles. The molecule has 0 aromatic carbocycles. The largest absolute Gasteiger partial charge is 0.317 e. The zero-order chi connectivity index (χ0) is 10.5. The normalized spacial score (nSPS) is 18.2. The van der Waals surface area contributed by atoms with Crippen molar-refractivity contribution in [1.82, 2.24) is 10.6 Å². The number of halogens is 1. The summed E-state index contributed by atoms with van der Waals surface area (Å²) in [6, 6.07) is 4.81. The molecular formula is C11H17ClN2S. The Morgan fingerprint density at radius 1 is 1.40 bits per heavy atom. The zero-order valence-electron chi connectivity index (χ0n) is 8.76. The molecule has 0 bridgehead atoms. The Labute approximate surface area is 100 Å². The van der Waals surface area contributed by atoms with Gasteiger partial charge in [0.25, 0.3) is 0 Å². The van der Waals surface area contributed by atoms with Gasteiger partial charge >= 0.3 is 0 Å². The van der Waals surface area contributed by atoms with Crippen LogP contribution in [0.2, 0.25) is 4.34 Å². The number of nitrogens with one attached hydrogen (secondary N) is 2. The molecule has 2 heterocycles. The van der Waals surface area contributed by atoms with Crippen LogP contribution in [0, 0.1) is 0 Å². The van der Waals surface area contributed by atoms with Crippen LogP contribution in [0.1, 0.15) is 17.7 Å². The van der Waals surface area contributed by atoms with E-state index in [1.165, 1.54) is 17.7 Å². The Balaban J connectivity index is 1.65.